The number of aromatic nitrogens is 1. The lowest BCUT2D eigenvalue weighted by atomic mass is 10.0. The third kappa shape index (κ3) is 3.20. The number of pyridine rings is 1. The summed E-state index contributed by atoms with van der Waals surface area (Å²) in [5.41, 5.74) is 2.39. The lowest BCUT2D eigenvalue weighted by molar-refractivity contribution is 0.419. The summed E-state index contributed by atoms with van der Waals surface area (Å²) in [6.07, 6.45) is 5.35. The topological polar surface area (TPSA) is 38.1 Å². The summed E-state index contributed by atoms with van der Waals surface area (Å²) in [5.74, 6) is 0.919. The van der Waals surface area contributed by atoms with Crippen LogP contribution in [0, 0.1) is 0 Å². The SMILES string of the molecule is C[C@@H](NC(c1ccccc1)c1ccco1)c1ccncc1. The fraction of sp³-hybridized carbons (Fsp3) is 0.167. The summed E-state index contributed by atoms with van der Waals surface area (Å²) in [7, 11) is 0. The van der Waals surface area contributed by atoms with Gasteiger partial charge in [0.1, 0.15) is 5.76 Å². The molecule has 3 heteroatoms. The Balaban J connectivity index is 1.87. The van der Waals surface area contributed by atoms with Gasteiger partial charge in [-0.15, -0.1) is 0 Å². The largest absolute Gasteiger partial charge is 0.467 e. The Kier molecular flexibility index (Phi) is 4.12. The van der Waals surface area contributed by atoms with Crippen molar-refractivity contribution < 1.29 is 4.42 Å². The molecule has 0 saturated heterocycles. The fourth-order valence-electron chi connectivity index (χ4n) is 2.44. The molecule has 3 aromatic rings. The van der Waals surface area contributed by atoms with Crippen LogP contribution in [0.5, 0.6) is 0 Å². The molecule has 0 amide bonds. The predicted molar refractivity (Wildman–Crippen MR) is 82.8 cm³/mol. The van der Waals surface area contributed by atoms with E-state index < -0.39 is 0 Å². The van der Waals surface area contributed by atoms with Crippen molar-refractivity contribution >= 4 is 0 Å². The highest BCUT2D eigenvalue weighted by Crippen LogP contribution is 2.26. The molecule has 0 fully saturated rings. The number of benzene rings is 1. The molecule has 0 aliphatic heterocycles. The summed E-state index contributed by atoms with van der Waals surface area (Å²) >= 11 is 0. The normalized spacial score (nSPS) is 13.8. The maximum Gasteiger partial charge on any atom is 0.125 e. The van der Waals surface area contributed by atoms with Crippen molar-refractivity contribution in [3.05, 3.63) is 90.1 Å². The lowest BCUT2D eigenvalue weighted by Crippen LogP contribution is -2.25. The smallest absolute Gasteiger partial charge is 0.125 e. The first kappa shape index (κ1) is 13.6. The zero-order valence-corrected chi connectivity index (χ0v) is 11.9. The van der Waals surface area contributed by atoms with Crippen LogP contribution >= 0.6 is 0 Å². The Morgan fingerprint density at radius 1 is 0.905 bits per heavy atom. The second kappa shape index (κ2) is 6.37. The van der Waals surface area contributed by atoms with Crippen molar-refractivity contribution in [2.24, 2.45) is 0 Å². The van der Waals surface area contributed by atoms with E-state index in [2.05, 4.69) is 29.4 Å². The van der Waals surface area contributed by atoms with E-state index in [1.54, 1.807) is 6.26 Å². The van der Waals surface area contributed by atoms with E-state index in [9.17, 15) is 0 Å². The number of hydrogen-bond donors (Lipinski definition) is 1. The van der Waals surface area contributed by atoms with Crippen LogP contribution in [0.4, 0.5) is 0 Å². The van der Waals surface area contributed by atoms with Crippen LogP contribution in [0.3, 0.4) is 0 Å². The van der Waals surface area contributed by atoms with Crippen LogP contribution in [-0.4, -0.2) is 4.98 Å². The van der Waals surface area contributed by atoms with Gasteiger partial charge >= 0.3 is 0 Å². The molecule has 3 rings (SSSR count). The molecule has 0 aliphatic carbocycles. The van der Waals surface area contributed by atoms with E-state index in [0.717, 1.165) is 5.76 Å². The number of rotatable bonds is 5. The molecule has 3 nitrogen and oxygen atoms in total. The van der Waals surface area contributed by atoms with Gasteiger partial charge in [-0.3, -0.25) is 10.3 Å². The molecule has 2 aromatic heterocycles. The molecule has 1 N–H and O–H groups in total. The molecule has 0 saturated carbocycles. The molecule has 2 heterocycles. The van der Waals surface area contributed by atoms with Crippen molar-refractivity contribution in [3.8, 4) is 0 Å². The van der Waals surface area contributed by atoms with Gasteiger partial charge in [-0.2, -0.15) is 0 Å². The van der Waals surface area contributed by atoms with Crippen LogP contribution in [0.2, 0.25) is 0 Å². The first-order valence-electron chi connectivity index (χ1n) is 7.09. The van der Waals surface area contributed by atoms with E-state index in [1.807, 2.05) is 54.9 Å². The van der Waals surface area contributed by atoms with Gasteiger partial charge in [-0.1, -0.05) is 30.3 Å². The van der Waals surface area contributed by atoms with Crippen LogP contribution in [0.15, 0.2) is 77.7 Å². The molecule has 2 atom stereocenters. The van der Waals surface area contributed by atoms with Gasteiger partial charge < -0.3 is 4.42 Å². The zero-order chi connectivity index (χ0) is 14.5. The van der Waals surface area contributed by atoms with E-state index in [0.29, 0.717) is 0 Å². The third-order valence-electron chi connectivity index (χ3n) is 3.58. The van der Waals surface area contributed by atoms with Crippen LogP contribution in [0.25, 0.3) is 0 Å². The van der Waals surface area contributed by atoms with Gasteiger partial charge in [0.25, 0.3) is 0 Å². The highest BCUT2D eigenvalue weighted by molar-refractivity contribution is 5.27. The van der Waals surface area contributed by atoms with E-state index in [4.69, 9.17) is 4.42 Å². The molecule has 0 radical (unpaired) electrons. The van der Waals surface area contributed by atoms with Gasteiger partial charge in [-0.05, 0) is 42.3 Å². The highest BCUT2D eigenvalue weighted by Gasteiger charge is 2.19. The minimum absolute atomic E-state index is 0.0318. The van der Waals surface area contributed by atoms with Crippen LogP contribution in [0.1, 0.15) is 35.9 Å². The number of furan rings is 1. The Morgan fingerprint density at radius 3 is 2.33 bits per heavy atom. The maximum atomic E-state index is 5.61. The van der Waals surface area contributed by atoms with Gasteiger partial charge in [-0.25, -0.2) is 0 Å². The van der Waals surface area contributed by atoms with Gasteiger partial charge in [0.15, 0.2) is 0 Å². The Bertz CT molecular complexity index is 650. The maximum absolute atomic E-state index is 5.61. The zero-order valence-electron chi connectivity index (χ0n) is 11.9. The van der Waals surface area contributed by atoms with Gasteiger partial charge in [0, 0.05) is 18.4 Å². The highest BCUT2D eigenvalue weighted by atomic mass is 16.3. The summed E-state index contributed by atoms with van der Waals surface area (Å²) in [6.45, 7) is 2.15. The Labute approximate surface area is 124 Å². The molecule has 1 unspecified atom stereocenters. The van der Waals surface area contributed by atoms with E-state index in [-0.39, 0.29) is 12.1 Å². The van der Waals surface area contributed by atoms with Crippen molar-refractivity contribution in [1.29, 1.82) is 0 Å². The second-order valence-electron chi connectivity index (χ2n) is 5.03. The van der Waals surface area contributed by atoms with Crippen molar-refractivity contribution in [3.63, 3.8) is 0 Å². The number of nitrogens with one attached hydrogen (secondary N) is 1. The van der Waals surface area contributed by atoms with E-state index in [1.165, 1.54) is 11.1 Å². The predicted octanol–water partition coefficient (Wildman–Crippen LogP) is 4.11. The molecule has 1 aromatic carbocycles. The Morgan fingerprint density at radius 2 is 1.67 bits per heavy atom. The quantitative estimate of drug-likeness (QED) is 0.763. The monoisotopic (exact) mass is 278 g/mol. The van der Waals surface area contributed by atoms with Gasteiger partial charge in [0.05, 0.1) is 12.3 Å². The van der Waals surface area contributed by atoms with Crippen molar-refractivity contribution in [1.82, 2.24) is 10.3 Å². The minimum atomic E-state index is 0.0318. The third-order valence-corrected chi connectivity index (χ3v) is 3.58. The number of nitrogens with zero attached hydrogens (tertiary/aromatic N) is 1. The summed E-state index contributed by atoms with van der Waals surface area (Å²) in [5, 5.41) is 3.63. The number of hydrogen-bond acceptors (Lipinski definition) is 3. The van der Waals surface area contributed by atoms with Crippen molar-refractivity contribution in [2.75, 3.05) is 0 Å². The molecule has 0 bridgehead atoms. The average Bonchev–Trinajstić information content (AvgIpc) is 3.08. The summed E-state index contributed by atoms with van der Waals surface area (Å²) in [4.78, 5) is 4.07. The van der Waals surface area contributed by atoms with Gasteiger partial charge in [0.2, 0.25) is 0 Å². The molecule has 106 valence electrons. The molecule has 0 spiro atoms. The van der Waals surface area contributed by atoms with E-state index >= 15 is 0 Å². The summed E-state index contributed by atoms with van der Waals surface area (Å²) < 4.78 is 5.61. The molecule has 21 heavy (non-hydrogen) atoms. The Hall–Kier alpha value is -2.39. The van der Waals surface area contributed by atoms with Crippen LogP contribution < -0.4 is 5.32 Å². The minimum Gasteiger partial charge on any atom is -0.467 e. The van der Waals surface area contributed by atoms with Crippen LogP contribution in [-0.2, 0) is 0 Å². The average molecular weight is 278 g/mol. The molecular formula is C18H18N2O. The molecular weight excluding hydrogens is 260 g/mol. The standard InChI is InChI=1S/C18H18N2O/c1-14(15-9-11-19-12-10-15)20-18(17-8-5-13-21-17)16-6-3-2-4-7-16/h2-14,18,20H,1H3/t14-,18?/m1/s1. The first-order chi connectivity index (χ1) is 10.3. The van der Waals surface area contributed by atoms with Crippen molar-refractivity contribution in [2.45, 2.75) is 19.0 Å². The first-order valence-corrected chi connectivity index (χ1v) is 7.09. The summed E-state index contributed by atoms with van der Waals surface area (Å²) in [6, 6.07) is 18.5. The fourth-order valence-corrected chi connectivity index (χ4v) is 2.44. The second-order valence-corrected chi connectivity index (χ2v) is 5.03. The molecule has 0 aliphatic rings. The lowest BCUT2D eigenvalue weighted by Gasteiger charge is -2.22.